The van der Waals surface area contributed by atoms with Gasteiger partial charge >= 0.3 is 11.9 Å². The lowest BCUT2D eigenvalue weighted by atomic mass is 9.94. The van der Waals surface area contributed by atoms with Gasteiger partial charge in [-0.25, -0.2) is 4.79 Å². The number of carbonyl (C=O) groups excluding carboxylic acids is 5. The Kier molecular flexibility index (Phi) is 12.4. The van der Waals surface area contributed by atoms with Crippen LogP contribution in [0.1, 0.15) is 100 Å². The van der Waals surface area contributed by atoms with E-state index < -0.39 is 29.6 Å². The van der Waals surface area contributed by atoms with Gasteiger partial charge in [0.15, 0.2) is 0 Å². The van der Waals surface area contributed by atoms with Gasteiger partial charge in [0.2, 0.25) is 17.7 Å². The molecule has 0 aromatic rings. The van der Waals surface area contributed by atoms with Gasteiger partial charge in [-0.05, 0) is 77.0 Å². The summed E-state index contributed by atoms with van der Waals surface area (Å²) in [6.07, 6.45) is 4.28. The number of esters is 2. The van der Waals surface area contributed by atoms with Crippen molar-refractivity contribution in [3.8, 4) is 0 Å². The molecule has 228 valence electrons. The third kappa shape index (κ3) is 9.47. The third-order valence-electron chi connectivity index (χ3n) is 7.65. The van der Waals surface area contributed by atoms with Gasteiger partial charge in [-0.15, -0.1) is 0 Å². The molecule has 1 aliphatic carbocycles. The van der Waals surface area contributed by atoms with E-state index in [9.17, 15) is 24.0 Å². The molecule has 0 radical (unpaired) electrons. The summed E-state index contributed by atoms with van der Waals surface area (Å²) in [4.78, 5) is 66.2. The van der Waals surface area contributed by atoms with Crippen LogP contribution in [0.15, 0.2) is 0 Å². The molecule has 1 saturated carbocycles. The van der Waals surface area contributed by atoms with E-state index in [0.29, 0.717) is 19.4 Å². The molecule has 1 saturated heterocycles. The Bertz CT molecular complexity index is 911. The van der Waals surface area contributed by atoms with Gasteiger partial charge in [0.1, 0.15) is 23.7 Å². The summed E-state index contributed by atoms with van der Waals surface area (Å²) < 4.78 is 10.6. The van der Waals surface area contributed by atoms with E-state index in [1.165, 1.54) is 0 Å². The highest BCUT2D eigenvalue weighted by Crippen LogP contribution is 2.43. The molecule has 0 spiro atoms. The zero-order valence-electron chi connectivity index (χ0n) is 25.7. The van der Waals surface area contributed by atoms with Gasteiger partial charge in [0, 0.05) is 19.4 Å². The molecule has 2 fully saturated rings. The summed E-state index contributed by atoms with van der Waals surface area (Å²) in [6, 6.07) is -2.29. The molecule has 2 aliphatic rings. The number of rotatable bonds is 13. The first-order chi connectivity index (χ1) is 18.7. The zero-order chi connectivity index (χ0) is 30.2. The predicted molar refractivity (Wildman–Crippen MR) is 151 cm³/mol. The normalized spacial score (nSPS) is 22.1. The van der Waals surface area contributed by atoms with Crippen LogP contribution in [0.2, 0.25) is 0 Å². The molecule has 2 rings (SSSR count). The predicted octanol–water partition coefficient (Wildman–Crippen LogP) is 3.36. The monoisotopic (exact) mass is 565 g/mol. The Labute approximate surface area is 239 Å². The molecule has 5 atom stereocenters. The number of unbranched alkanes of at least 4 members (excludes halogenated alkanes) is 1. The number of nitrogens with one attached hydrogen (secondary N) is 2. The number of ether oxygens (including phenoxy) is 2. The number of carbonyl (C=O) groups is 5. The van der Waals surface area contributed by atoms with Crippen LogP contribution < -0.4 is 10.6 Å². The highest BCUT2D eigenvalue weighted by molar-refractivity contribution is 5.94. The van der Waals surface area contributed by atoms with Crippen LogP contribution in [0.4, 0.5) is 0 Å². The Balaban J connectivity index is 2.00. The van der Waals surface area contributed by atoms with Crippen LogP contribution in [-0.2, 0) is 33.4 Å². The van der Waals surface area contributed by atoms with Crippen molar-refractivity contribution in [2.75, 3.05) is 13.2 Å². The molecule has 3 amide bonds. The fourth-order valence-electron chi connectivity index (χ4n) is 5.73. The Morgan fingerprint density at radius 3 is 2.10 bits per heavy atom. The smallest absolute Gasteiger partial charge is 0.329 e. The fourth-order valence-corrected chi connectivity index (χ4v) is 5.73. The van der Waals surface area contributed by atoms with Crippen molar-refractivity contribution in [2.24, 2.45) is 23.7 Å². The molecule has 0 aromatic carbocycles. The van der Waals surface area contributed by atoms with E-state index in [1.54, 1.807) is 11.8 Å². The van der Waals surface area contributed by atoms with Crippen LogP contribution in [0.3, 0.4) is 0 Å². The molecule has 0 unspecified atom stereocenters. The van der Waals surface area contributed by atoms with Crippen molar-refractivity contribution in [1.82, 2.24) is 15.5 Å². The van der Waals surface area contributed by atoms with Crippen LogP contribution in [0.25, 0.3) is 0 Å². The zero-order valence-corrected chi connectivity index (χ0v) is 25.7. The van der Waals surface area contributed by atoms with Gasteiger partial charge in [-0.2, -0.15) is 0 Å². The molecule has 40 heavy (non-hydrogen) atoms. The number of fused-ring (bicyclic) bond motifs is 1. The average Bonchev–Trinajstić information content (AvgIpc) is 3.43. The second-order valence-electron chi connectivity index (χ2n) is 12.9. The van der Waals surface area contributed by atoms with Crippen molar-refractivity contribution >= 4 is 29.7 Å². The molecule has 0 aromatic heterocycles. The van der Waals surface area contributed by atoms with Crippen molar-refractivity contribution in [3.63, 3.8) is 0 Å². The highest BCUT2D eigenvalue weighted by Gasteiger charge is 2.51. The second kappa shape index (κ2) is 14.8. The number of hydrogen-bond acceptors (Lipinski definition) is 7. The molecule has 2 N–H and O–H groups in total. The number of likely N-dealkylation sites (tertiary alicyclic amines) is 1. The van der Waals surface area contributed by atoms with Crippen molar-refractivity contribution < 1.29 is 33.4 Å². The maximum atomic E-state index is 13.8. The maximum absolute atomic E-state index is 13.8. The molecule has 1 heterocycles. The molecular formula is C30H51N3O7. The van der Waals surface area contributed by atoms with Gasteiger partial charge in [-0.3, -0.25) is 19.2 Å². The first-order valence-electron chi connectivity index (χ1n) is 14.9. The van der Waals surface area contributed by atoms with Gasteiger partial charge in [-0.1, -0.05) is 34.1 Å². The summed E-state index contributed by atoms with van der Waals surface area (Å²) in [5.41, 5.74) is -0.547. The highest BCUT2D eigenvalue weighted by atomic mass is 16.6. The molecular weight excluding hydrogens is 514 g/mol. The van der Waals surface area contributed by atoms with Gasteiger partial charge in [0.25, 0.3) is 0 Å². The lowest BCUT2D eigenvalue weighted by molar-refractivity contribution is -0.156. The second-order valence-corrected chi connectivity index (χ2v) is 12.9. The lowest BCUT2D eigenvalue weighted by Gasteiger charge is -2.33. The molecule has 10 heteroatoms. The maximum Gasteiger partial charge on any atom is 0.329 e. The standard InChI is InChI=1S/C30H51N3O7/c1-9-39-29(38)26-21-14-12-13-20(21)17-33(26)28(37)25(19(4)5)32-27(36)24(18(2)3)31-22(34)15-10-11-16-23(35)40-30(6,7)8/h18-21,24-26H,9-17H2,1-8H3,(H,31,34)(H,32,36)/t20-,21-,24-,25-,26-/m0/s1. The molecule has 1 aliphatic heterocycles. The van der Waals surface area contributed by atoms with Crippen molar-refractivity contribution in [3.05, 3.63) is 0 Å². The van der Waals surface area contributed by atoms with Gasteiger partial charge < -0.3 is 25.0 Å². The summed E-state index contributed by atoms with van der Waals surface area (Å²) in [5, 5.41) is 5.69. The van der Waals surface area contributed by atoms with Crippen LogP contribution in [0, 0.1) is 23.7 Å². The van der Waals surface area contributed by atoms with E-state index in [1.807, 2.05) is 48.5 Å². The first-order valence-corrected chi connectivity index (χ1v) is 14.9. The van der Waals surface area contributed by atoms with E-state index in [-0.39, 0.29) is 66.9 Å². The summed E-state index contributed by atoms with van der Waals surface area (Å²) >= 11 is 0. The van der Waals surface area contributed by atoms with Crippen molar-refractivity contribution in [2.45, 2.75) is 124 Å². The number of hydrogen-bond donors (Lipinski definition) is 2. The number of amides is 3. The minimum absolute atomic E-state index is 0.0875. The fraction of sp³-hybridized carbons (Fsp3) is 0.833. The number of nitrogens with zero attached hydrogens (tertiary/aromatic N) is 1. The van der Waals surface area contributed by atoms with E-state index in [0.717, 1.165) is 19.3 Å². The molecule has 10 nitrogen and oxygen atoms in total. The Morgan fingerprint density at radius 2 is 1.52 bits per heavy atom. The van der Waals surface area contributed by atoms with Crippen LogP contribution in [-0.4, -0.2) is 71.4 Å². The van der Waals surface area contributed by atoms with Crippen LogP contribution in [0.5, 0.6) is 0 Å². The Morgan fingerprint density at radius 1 is 0.900 bits per heavy atom. The van der Waals surface area contributed by atoms with Gasteiger partial charge in [0.05, 0.1) is 6.61 Å². The minimum atomic E-state index is -0.838. The quantitative estimate of drug-likeness (QED) is 0.259. The topological polar surface area (TPSA) is 131 Å². The first kappa shape index (κ1) is 33.6. The minimum Gasteiger partial charge on any atom is -0.464 e. The van der Waals surface area contributed by atoms with Crippen LogP contribution >= 0.6 is 0 Å². The SMILES string of the molecule is CCOC(=O)[C@@H]1[C@H]2CCC[C@H]2CN1C(=O)[C@@H](NC(=O)[C@@H](NC(=O)CCCCC(=O)OC(C)(C)C)C(C)C)C(C)C. The van der Waals surface area contributed by atoms with Crippen molar-refractivity contribution in [1.29, 1.82) is 0 Å². The van der Waals surface area contributed by atoms with E-state index in [4.69, 9.17) is 9.47 Å². The Hall–Kier alpha value is -2.65. The molecule has 0 bridgehead atoms. The van der Waals surface area contributed by atoms with E-state index >= 15 is 0 Å². The largest absolute Gasteiger partial charge is 0.464 e. The summed E-state index contributed by atoms with van der Waals surface area (Å²) in [6.45, 7) is 15.3. The average molecular weight is 566 g/mol. The third-order valence-corrected chi connectivity index (χ3v) is 7.65. The summed E-state index contributed by atoms with van der Waals surface area (Å²) in [5.74, 6) is -1.78. The lowest BCUT2D eigenvalue weighted by Crippen LogP contribution is -2.59. The van der Waals surface area contributed by atoms with E-state index in [2.05, 4.69) is 10.6 Å². The summed E-state index contributed by atoms with van der Waals surface area (Å²) in [7, 11) is 0.